The molecule has 1 amide bonds. The van der Waals surface area contributed by atoms with Crippen molar-refractivity contribution in [3.05, 3.63) is 0 Å². The smallest absolute Gasteiger partial charge is 0.223 e. The van der Waals surface area contributed by atoms with Gasteiger partial charge in [-0.15, -0.1) is 0 Å². The number of carbonyl (C=O) groups excluding carboxylic acids is 1. The fourth-order valence-electron chi connectivity index (χ4n) is 3.25. The van der Waals surface area contributed by atoms with E-state index in [9.17, 15) is 4.79 Å². The van der Waals surface area contributed by atoms with Crippen molar-refractivity contribution >= 4 is 5.91 Å². The molecular weight excluding hydrogens is 212 g/mol. The molecule has 2 atom stereocenters. The minimum absolute atomic E-state index is 0.188. The van der Waals surface area contributed by atoms with Crippen LogP contribution in [0.4, 0.5) is 0 Å². The SMILES string of the molecule is CC1C(N)CCN1C(=O)CC1CCCCCC1. The summed E-state index contributed by atoms with van der Waals surface area (Å²) in [6, 6.07) is 0.432. The Morgan fingerprint density at radius 1 is 1.18 bits per heavy atom. The van der Waals surface area contributed by atoms with E-state index < -0.39 is 0 Å². The molecule has 2 aliphatic rings. The Balaban J connectivity index is 1.83. The summed E-state index contributed by atoms with van der Waals surface area (Å²) in [7, 11) is 0. The zero-order chi connectivity index (χ0) is 12.3. The second-order valence-electron chi connectivity index (χ2n) is 5.84. The van der Waals surface area contributed by atoms with E-state index in [2.05, 4.69) is 6.92 Å². The van der Waals surface area contributed by atoms with Crippen molar-refractivity contribution in [1.29, 1.82) is 0 Å². The van der Waals surface area contributed by atoms with Crippen LogP contribution in [0.1, 0.15) is 58.3 Å². The molecule has 0 bridgehead atoms. The molecule has 1 heterocycles. The number of nitrogens with two attached hydrogens (primary N) is 1. The molecule has 0 spiro atoms. The highest BCUT2D eigenvalue weighted by Crippen LogP contribution is 2.27. The van der Waals surface area contributed by atoms with Crippen LogP contribution in [0.3, 0.4) is 0 Å². The Hall–Kier alpha value is -0.570. The van der Waals surface area contributed by atoms with Crippen molar-refractivity contribution in [3.63, 3.8) is 0 Å². The van der Waals surface area contributed by atoms with Crippen molar-refractivity contribution < 1.29 is 4.79 Å². The van der Waals surface area contributed by atoms with Crippen LogP contribution in [0.25, 0.3) is 0 Å². The lowest BCUT2D eigenvalue weighted by atomic mass is 9.96. The molecule has 1 saturated heterocycles. The van der Waals surface area contributed by atoms with Gasteiger partial charge >= 0.3 is 0 Å². The first kappa shape index (κ1) is 12.9. The van der Waals surface area contributed by atoms with E-state index in [0.717, 1.165) is 19.4 Å². The van der Waals surface area contributed by atoms with Crippen LogP contribution in [0, 0.1) is 5.92 Å². The molecule has 0 aromatic rings. The summed E-state index contributed by atoms with van der Waals surface area (Å²) in [5.41, 5.74) is 5.97. The van der Waals surface area contributed by atoms with Gasteiger partial charge in [-0.3, -0.25) is 4.79 Å². The third-order valence-corrected chi connectivity index (χ3v) is 4.57. The summed E-state index contributed by atoms with van der Waals surface area (Å²) in [4.78, 5) is 14.3. The zero-order valence-corrected chi connectivity index (χ0v) is 11.0. The average molecular weight is 238 g/mol. The number of amides is 1. The number of carbonyl (C=O) groups is 1. The monoisotopic (exact) mass is 238 g/mol. The lowest BCUT2D eigenvalue weighted by Crippen LogP contribution is -2.40. The molecule has 0 aromatic carbocycles. The maximum absolute atomic E-state index is 12.3. The third kappa shape index (κ3) is 3.21. The van der Waals surface area contributed by atoms with Crippen molar-refractivity contribution in [2.24, 2.45) is 11.7 Å². The fourth-order valence-corrected chi connectivity index (χ4v) is 3.25. The van der Waals surface area contributed by atoms with Gasteiger partial charge in [0.05, 0.1) is 0 Å². The lowest BCUT2D eigenvalue weighted by molar-refractivity contribution is -0.132. The highest BCUT2D eigenvalue weighted by molar-refractivity contribution is 5.77. The molecule has 0 radical (unpaired) electrons. The molecule has 1 aliphatic heterocycles. The predicted molar refractivity (Wildman–Crippen MR) is 69.6 cm³/mol. The van der Waals surface area contributed by atoms with Crippen LogP contribution in [-0.2, 0) is 4.79 Å². The average Bonchev–Trinajstić information content (AvgIpc) is 2.55. The van der Waals surface area contributed by atoms with Gasteiger partial charge in [0.15, 0.2) is 0 Å². The van der Waals surface area contributed by atoms with Crippen molar-refractivity contribution in [1.82, 2.24) is 4.90 Å². The quantitative estimate of drug-likeness (QED) is 0.750. The first-order chi connectivity index (χ1) is 8.18. The molecule has 1 saturated carbocycles. The number of nitrogens with zero attached hydrogens (tertiary/aromatic N) is 1. The molecule has 98 valence electrons. The molecular formula is C14H26N2O. The summed E-state index contributed by atoms with van der Waals surface area (Å²) in [6.07, 6.45) is 9.57. The molecule has 3 heteroatoms. The van der Waals surface area contributed by atoms with Crippen LogP contribution >= 0.6 is 0 Å². The second-order valence-corrected chi connectivity index (χ2v) is 5.84. The van der Waals surface area contributed by atoms with Crippen LogP contribution < -0.4 is 5.73 Å². The van der Waals surface area contributed by atoms with Gasteiger partial charge in [-0.1, -0.05) is 25.7 Å². The Kier molecular flexibility index (Phi) is 4.43. The number of rotatable bonds is 2. The van der Waals surface area contributed by atoms with Crippen molar-refractivity contribution in [2.75, 3.05) is 6.54 Å². The van der Waals surface area contributed by atoms with Gasteiger partial charge in [-0.05, 0) is 32.1 Å². The molecule has 0 aromatic heterocycles. The summed E-state index contributed by atoms with van der Waals surface area (Å²) in [6.45, 7) is 2.95. The van der Waals surface area contributed by atoms with Gasteiger partial charge in [-0.2, -0.15) is 0 Å². The van der Waals surface area contributed by atoms with E-state index in [4.69, 9.17) is 5.73 Å². The number of hydrogen-bond acceptors (Lipinski definition) is 2. The summed E-state index contributed by atoms with van der Waals surface area (Å²) in [5.74, 6) is 0.978. The van der Waals surface area contributed by atoms with Crippen LogP contribution in [0.15, 0.2) is 0 Å². The standard InChI is InChI=1S/C14H26N2O/c1-11-13(15)8-9-16(11)14(17)10-12-6-4-2-3-5-7-12/h11-13H,2-10,15H2,1H3. The number of hydrogen-bond donors (Lipinski definition) is 1. The van der Waals surface area contributed by atoms with Gasteiger partial charge in [0.1, 0.15) is 0 Å². The van der Waals surface area contributed by atoms with Crippen LogP contribution in [0.2, 0.25) is 0 Å². The van der Waals surface area contributed by atoms with Gasteiger partial charge in [-0.25, -0.2) is 0 Å². The summed E-state index contributed by atoms with van der Waals surface area (Å²) >= 11 is 0. The van der Waals surface area contributed by atoms with Gasteiger partial charge in [0.25, 0.3) is 0 Å². The normalized spacial score (nSPS) is 31.5. The summed E-state index contributed by atoms with van der Waals surface area (Å²) < 4.78 is 0. The number of likely N-dealkylation sites (tertiary alicyclic amines) is 1. The van der Waals surface area contributed by atoms with Crippen molar-refractivity contribution in [3.8, 4) is 0 Å². The minimum atomic E-state index is 0.188. The Morgan fingerprint density at radius 3 is 2.35 bits per heavy atom. The topological polar surface area (TPSA) is 46.3 Å². The highest BCUT2D eigenvalue weighted by atomic mass is 16.2. The van der Waals surface area contributed by atoms with Gasteiger partial charge < -0.3 is 10.6 Å². The summed E-state index contributed by atoms with van der Waals surface area (Å²) in [5, 5.41) is 0. The van der Waals surface area contributed by atoms with Crippen LogP contribution in [0.5, 0.6) is 0 Å². The largest absolute Gasteiger partial charge is 0.338 e. The second kappa shape index (κ2) is 5.85. The maximum atomic E-state index is 12.3. The molecule has 2 fully saturated rings. The van der Waals surface area contributed by atoms with E-state index in [-0.39, 0.29) is 12.1 Å². The van der Waals surface area contributed by atoms with E-state index in [1.165, 1.54) is 38.5 Å². The van der Waals surface area contributed by atoms with E-state index in [1.54, 1.807) is 0 Å². The first-order valence-corrected chi connectivity index (χ1v) is 7.23. The van der Waals surface area contributed by atoms with E-state index >= 15 is 0 Å². The molecule has 2 rings (SSSR count). The molecule has 2 unspecified atom stereocenters. The minimum Gasteiger partial charge on any atom is -0.338 e. The van der Waals surface area contributed by atoms with Gasteiger partial charge in [0.2, 0.25) is 5.91 Å². The lowest BCUT2D eigenvalue weighted by Gasteiger charge is -2.25. The Labute approximate surface area is 105 Å². The highest BCUT2D eigenvalue weighted by Gasteiger charge is 2.32. The predicted octanol–water partition coefficient (Wildman–Crippen LogP) is 2.29. The Bertz CT molecular complexity index is 259. The van der Waals surface area contributed by atoms with E-state index in [1.807, 2.05) is 4.90 Å². The zero-order valence-electron chi connectivity index (χ0n) is 11.0. The Morgan fingerprint density at radius 2 is 1.82 bits per heavy atom. The first-order valence-electron chi connectivity index (χ1n) is 7.23. The molecule has 3 nitrogen and oxygen atoms in total. The molecule has 1 aliphatic carbocycles. The molecule has 2 N–H and O–H groups in total. The fraction of sp³-hybridized carbons (Fsp3) is 0.929. The maximum Gasteiger partial charge on any atom is 0.223 e. The van der Waals surface area contributed by atoms with Crippen molar-refractivity contribution in [2.45, 2.75) is 70.4 Å². The van der Waals surface area contributed by atoms with E-state index in [0.29, 0.717) is 11.8 Å². The van der Waals surface area contributed by atoms with Crippen LogP contribution in [-0.4, -0.2) is 29.4 Å². The third-order valence-electron chi connectivity index (χ3n) is 4.57. The molecule has 17 heavy (non-hydrogen) atoms. The van der Waals surface area contributed by atoms with Gasteiger partial charge in [0, 0.05) is 25.0 Å².